The predicted octanol–water partition coefficient (Wildman–Crippen LogP) is 3.50. The minimum absolute atomic E-state index is 0.495. The average molecular weight is 392 g/mol. The lowest BCUT2D eigenvalue weighted by Crippen LogP contribution is -2.00. The van der Waals surface area contributed by atoms with Gasteiger partial charge >= 0.3 is 0 Å². The van der Waals surface area contributed by atoms with Crippen LogP contribution < -0.4 is 14.8 Å². The molecule has 2 aromatic rings. The molecule has 1 aromatic heterocycles. The summed E-state index contributed by atoms with van der Waals surface area (Å²) in [7, 11) is 3.14. The van der Waals surface area contributed by atoms with Gasteiger partial charge in [-0.1, -0.05) is 11.6 Å². The zero-order valence-corrected chi connectivity index (χ0v) is 13.2. The highest BCUT2D eigenvalue weighted by atomic mass is 127. The predicted molar refractivity (Wildman–Crippen MR) is 82.6 cm³/mol. The van der Waals surface area contributed by atoms with Crippen molar-refractivity contribution in [1.82, 2.24) is 9.97 Å². The molecule has 0 saturated heterocycles. The molecule has 0 radical (unpaired) electrons. The van der Waals surface area contributed by atoms with E-state index in [4.69, 9.17) is 21.1 Å². The molecule has 7 heteroatoms. The Balaban J connectivity index is 2.40. The minimum atomic E-state index is 0.495. The largest absolute Gasteiger partial charge is 0.495 e. The quantitative estimate of drug-likeness (QED) is 0.809. The molecule has 1 heterocycles. The molecule has 0 aliphatic carbocycles. The summed E-state index contributed by atoms with van der Waals surface area (Å²) in [5, 5.41) is 3.66. The number of ether oxygens (including phenoxy) is 2. The highest BCUT2D eigenvalue weighted by molar-refractivity contribution is 14.1. The van der Waals surface area contributed by atoms with Crippen molar-refractivity contribution in [3.05, 3.63) is 33.2 Å². The Kier molecular flexibility index (Phi) is 4.65. The van der Waals surface area contributed by atoms with Crippen LogP contribution in [0.15, 0.2) is 24.7 Å². The number of methoxy groups -OCH3 is 2. The minimum Gasteiger partial charge on any atom is -0.495 e. The molecule has 19 heavy (non-hydrogen) atoms. The van der Waals surface area contributed by atoms with E-state index in [2.05, 4.69) is 37.9 Å². The molecule has 0 fully saturated rings. The molecule has 5 nitrogen and oxygen atoms in total. The Hall–Kier alpha value is -1.28. The van der Waals surface area contributed by atoms with Crippen molar-refractivity contribution < 1.29 is 9.47 Å². The van der Waals surface area contributed by atoms with Crippen LogP contribution in [0.4, 0.5) is 11.5 Å². The Morgan fingerprint density at radius 2 is 1.95 bits per heavy atom. The number of hydrogen-bond acceptors (Lipinski definition) is 5. The van der Waals surface area contributed by atoms with Gasteiger partial charge in [0.1, 0.15) is 23.6 Å². The van der Waals surface area contributed by atoms with E-state index in [0.29, 0.717) is 28.0 Å². The lowest BCUT2D eigenvalue weighted by Gasteiger charge is -2.13. The Morgan fingerprint density at radius 1 is 1.21 bits per heavy atom. The van der Waals surface area contributed by atoms with Crippen LogP contribution in [0.5, 0.6) is 11.5 Å². The molecule has 100 valence electrons. The highest BCUT2D eigenvalue weighted by Gasteiger charge is 2.11. The van der Waals surface area contributed by atoms with Crippen molar-refractivity contribution in [1.29, 1.82) is 0 Å². The van der Waals surface area contributed by atoms with Gasteiger partial charge in [0.25, 0.3) is 0 Å². The number of halogens is 2. The Bertz CT molecular complexity index is 595. The van der Waals surface area contributed by atoms with E-state index in [-0.39, 0.29) is 0 Å². The molecule has 2 rings (SSSR count). The smallest absolute Gasteiger partial charge is 0.147 e. The summed E-state index contributed by atoms with van der Waals surface area (Å²) < 4.78 is 11.4. The van der Waals surface area contributed by atoms with Crippen LogP contribution in [0.2, 0.25) is 5.02 Å². The SMILES string of the molecule is COc1cc(OC)c(Nc2ncncc2I)cc1Cl. The van der Waals surface area contributed by atoms with Gasteiger partial charge in [-0.15, -0.1) is 0 Å². The molecule has 0 saturated carbocycles. The summed E-state index contributed by atoms with van der Waals surface area (Å²) in [5.41, 5.74) is 0.713. The van der Waals surface area contributed by atoms with Crippen LogP contribution >= 0.6 is 34.2 Å². The molecule has 0 aliphatic rings. The fraction of sp³-hybridized carbons (Fsp3) is 0.167. The van der Waals surface area contributed by atoms with Gasteiger partial charge in [0.2, 0.25) is 0 Å². The average Bonchev–Trinajstić information content (AvgIpc) is 2.42. The Morgan fingerprint density at radius 3 is 2.58 bits per heavy atom. The lowest BCUT2D eigenvalue weighted by molar-refractivity contribution is 0.396. The lowest BCUT2D eigenvalue weighted by atomic mass is 10.2. The normalized spacial score (nSPS) is 10.1. The number of anilines is 2. The molecular weight excluding hydrogens is 381 g/mol. The van der Waals surface area contributed by atoms with E-state index in [1.165, 1.54) is 6.33 Å². The third-order valence-corrected chi connectivity index (χ3v) is 3.48. The topological polar surface area (TPSA) is 56.3 Å². The number of rotatable bonds is 4. The van der Waals surface area contributed by atoms with E-state index in [1.54, 1.807) is 32.5 Å². The van der Waals surface area contributed by atoms with Crippen LogP contribution in [0.25, 0.3) is 0 Å². The summed E-state index contributed by atoms with van der Waals surface area (Å²) in [5.74, 6) is 1.87. The molecular formula is C12H11ClIN3O2. The third-order valence-electron chi connectivity index (χ3n) is 2.39. The first kappa shape index (κ1) is 14.1. The molecule has 1 aromatic carbocycles. The zero-order valence-electron chi connectivity index (χ0n) is 10.3. The maximum atomic E-state index is 6.11. The second-order valence-electron chi connectivity index (χ2n) is 3.53. The molecule has 0 atom stereocenters. The van der Waals surface area contributed by atoms with Crippen LogP contribution in [-0.2, 0) is 0 Å². The standard InChI is InChI=1S/C12H11ClIN3O2/c1-18-10-4-11(19-2)9(3-7(10)13)17-12-8(14)5-15-6-16-12/h3-6H,1-2H3,(H,15,16,17). The molecule has 0 amide bonds. The van der Waals surface area contributed by atoms with E-state index in [0.717, 1.165) is 3.57 Å². The maximum absolute atomic E-state index is 6.11. The maximum Gasteiger partial charge on any atom is 0.147 e. The van der Waals surface area contributed by atoms with Gasteiger partial charge in [0.05, 0.1) is 28.5 Å². The van der Waals surface area contributed by atoms with Gasteiger partial charge in [-0.05, 0) is 28.7 Å². The number of nitrogens with one attached hydrogen (secondary N) is 1. The number of aromatic nitrogens is 2. The second kappa shape index (κ2) is 6.25. The summed E-state index contributed by atoms with van der Waals surface area (Å²) in [6, 6.07) is 3.45. The van der Waals surface area contributed by atoms with Gasteiger partial charge in [-0.2, -0.15) is 0 Å². The molecule has 0 bridgehead atoms. The molecule has 0 unspecified atom stereocenters. The highest BCUT2D eigenvalue weighted by Crippen LogP contribution is 2.37. The summed E-state index contributed by atoms with van der Waals surface area (Å²) in [4.78, 5) is 8.10. The van der Waals surface area contributed by atoms with Gasteiger partial charge in [-0.3, -0.25) is 0 Å². The van der Waals surface area contributed by atoms with E-state index < -0.39 is 0 Å². The summed E-state index contributed by atoms with van der Waals surface area (Å²) in [6.45, 7) is 0. The van der Waals surface area contributed by atoms with E-state index in [9.17, 15) is 0 Å². The van der Waals surface area contributed by atoms with Crippen molar-refractivity contribution in [3.8, 4) is 11.5 Å². The number of benzene rings is 1. The Labute approximate surface area is 129 Å². The van der Waals surface area contributed by atoms with Crippen molar-refractivity contribution in [2.75, 3.05) is 19.5 Å². The molecule has 0 aliphatic heterocycles. The number of nitrogens with zero attached hydrogens (tertiary/aromatic N) is 2. The first-order chi connectivity index (χ1) is 9.15. The summed E-state index contributed by atoms with van der Waals surface area (Å²) >= 11 is 8.26. The first-order valence-electron chi connectivity index (χ1n) is 5.29. The fourth-order valence-corrected chi connectivity index (χ4v) is 2.17. The van der Waals surface area contributed by atoms with Gasteiger partial charge in [0, 0.05) is 12.3 Å². The number of hydrogen-bond donors (Lipinski definition) is 1. The fourth-order valence-electron chi connectivity index (χ4n) is 1.49. The van der Waals surface area contributed by atoms with Crippen molar-refractivity contribution in [2.24, 2.45) is 0 Å². The van der Waals surface area contributed by atoms with Crippen LogP contribution in [-0.4, -0.2) is 24.2 Å². The third kappa shape index (κ3) is 3.19. The second-order valence-corrected chi connectivity index (χ2v) is 5.10. The van der Waals surface area contributed by atoms with Crippen molar-refractivity contribution in [2.45, 2.75) is 0 Å². The van der Waals surface area contributed by atoms with Crippen molar-refractivity contribution in [3.63, 3.8) is 0 Å². The van der Waals surface area contributed by atoms with Crippen molar-refractivity contribution >= 4 is 45.7 Å². The molecule has 1 N–H and O–H groups in total. The van der Waals surface area contributed by atoms with Gasteiger partial charge < -0.3 is 14.8 Å². The van der Waals surface area contributed by atoms with Crippen LogP contribution in [0, 0.1) is 3.57 Å². The van der Waals surface area contributed by atoms with Gasteiger partial charge in [0.15, 0.2) is 0 Å². The van der Waals surface area contributed by atoms with Gasteiger partial charge in [-0.25, -0.2) is 9.97 Å². The zero-order chi connectivity index (χ0) is 13.8. The van der Waals surface area contributed by atoms with Crippen LogP contribution in [0.3, 0.4) is 0 Å². The van der Waals surface area contributed by atoms with E-state index >= 15 is 0 Å². The summed E-state index contributed by atoms with van der Waals surface area (Å²) in [6.07, 6.45) is 3.19. The van der Waals surface area contributed by atoms with Crippen LogP contribution in [0.1, 0.15) is 0 Å². The molecule has 0 spiro atoms. The monoisotopic (exact) mass is 391 g/mol. The first-order valence-corrected chi connectivity index (χ1v) is 6.75. The van der Waals surface area contributed by atoms with E-state index in [1.807, 2.05) is 0 Å².